The Labute approximate surface area is 213 Å². The molecule has 1 amide bonds. The van der Waals surface area contributed by atoms with Crippen molar-refractivity contribution in [3.8, 4) is 17.2 Å². The third-order valence-corrected chi connectivity index (χ3v) is 5.31. The Hall–Kier alpha value is -3.55. The zero-order valence-corrected chi connectivity index (χ0v) is 20.7. The molecule has 182 valence electrons. The van der Waals surface area contributed by atoms with Crippen molar-refractivity contribution >= 4 is 41.3 Å². The number of esters is 1. The summed E-state index contributed by atoms with van der Waals surface area (Å²) in [5.74, 6) is 0.400. The van der Waals surface area contributed by atoms with Gasteiger partial charge < -0.3 is 14.2 Å². The molecular formula is C26H24Cl2N2O5. The third kappa shape index (κ3) is 8.02. The number of amides is 1. The van der Waals surface area contributed by atoms with Crippen molar-refractivity contribution in [1.29, 1.82) is 0 Å². The van der Waals surface area contributed by atoms with E-state index in [4.69, 9.17) is 37.4 Å². The smallest absolute Gasteiger partial charge is 0.343 e. The van der Waals surface area contributed by atoms with Crippen LogP contribution in [0.25, 0.3) is 0 Å². The van der Waals surface area contributed by atoms with Crippen molar-refractivity contribution in [1.82, 2.24) is 5.43 Å². The highest BCUT2D eigenvalue weighted by Crippen LogP contribution is 2.29. The van der Waals surface area contributed by atoms with Crippen LogP contribution >= 0.6 is 23.2 Å². The maximum Gasteiger partial charge on any atom is 0.343 e. The minimum absolute atomic E-state index is 0.222. The lowest BCUT2D eigenvalue weighted by molar-refractivity contribution is -0.121. The van der Waals surface area contributed by atoms with Gasteiger partial charge >= 0.3 is 5.97 Å². The second-order valence-electron chi connectivity index (χ2n) is 7.49. The Morgan fingerprint density at radius 3 is 2.43 bits per heavy atom. The quantitative estimate of drug-likeness (QED) is 0.121. The summed E-state index contributed by atoms with van der Waals surface area (Å²) < 4.78 is 16.3. The van der Waals surface area contributed by atoms with Gasteiger partial charge in [0.15, 0.2) is 11.5 Å². The van der Waals surface area contributed by atoms with Gasteiger partial charge in [0, 0.05) is 11.4 Å². The van der Waals surface area contributed by atoms with Crippen LogP contribution in [0.4, 0.5) is 0 Å². The number of hydrogen-bond donors (Lipinski definition) is 1. The molecule has 0 aliphatic heterocycles. The van der Waals surface area contributed by atoms with Crippen molar-refractivity contribution < 1.29 is 23.8 Å². The lowest BCUT2D eigenvalue weighted by Gasteiger charge is -2.10. The van der Waals surface area contributed by atoms with Gasteiger partial charge in [0.05, 0.1) is 30.5 Å². The Bertz CT molecular complexity index is 1210. The summed E-state index contributed by atoms with van der Waals surface area (Å²) in [4.78, 5) is 24.4. The van der Waals surface area contributed by atoms with Crippen molar-refractivity contribution in [2.45, 2.75) is 19.8 Å². The monoisotopic (exact) mass is 514 g/mol. The first-order valence-electron chi connectivity index (χ1n) is 10.7. The molecule has 1 N–H and O–H groups in total. The van der Waals surface area contributed by atoms with Crippen LogP contribution in [0.3, 0.4) is 0 Å². The van der Waals surface area contributed by atoms with Gasteiger partial charge in [-0.3, -0.25) is 4.79 Å². The molecule has 0 aliphatic rings. The molecule has 0 atom stereocenters. The van der Waals surface area contributed by atoms with E-state index < -0.39 is 5.97 Å². The van der Waals surface area contributed by atoms with E-state index in [9.17, 15) is 9.59 Å². The topological polar surface area (TPSA) is 86.2 Å². The molecule has 9 heteroatoms. The molecule has 7 nitrogen and oxygen atoms in total. The van der Waals surface area contributed by atoms with E-state index in [2.05, 4.69) is 10.5 Å². The van der Waals surface area contributed by atoms with Crippen molar-refractivity contribution in [3.63, 3.8) is 0 Å². The van der Waals surface area contributed by atoms with Crippen LogP contribution in [-0.2, 0) is 4.79 Å². The summed E-state index contributed by atoms with van der Waals surface area (Å²) in [6, 6.07) is 17.0. The van der Waals surface area contributed by atoms with E-state index in [1.807, 2.05) is 19.1 Å². The van der Waals surface area contributed by atoms with Crippen molar-refractivity contribution in [3.05, 3.63) is 87.4 Å². The first-order chi connectivity index (χ1) is 16.9. The third-order valence-electron chi connectivity index (χ3n) is 4.78. The summed E-state index contributed by atoms with van der Waals surface area (Å²) in [6.45, 7) is 2.26. The molecule has 0 unspecified atom stereocenters. The van der Waals surface area contributed by atoms with Gasteiger partial charge in [-0.2, -0.15) is 5.10 Å². The number of benzene rings is 3. The molecule has 0 radical (unpaired) electrons. The number of hydrazone groups is 1. The van der Waals surface area contributed by atoms with Gasteiger partial charge in [0.1, 0.15) is 5.75 Å². The van der Waals surface area contributed by atoms with Gasteiger partial charge in [-0.25, -0.2) is 10.2 Å². The Kier molecular flexibility index (Phi) is 9.52. The maximum absolute atomic E-state index is 12.4. The average molecular weight is 515 g/mol. The molecule has 0 aromatic heterocycles. The van der Waals surface area contributed by atoms with Crippen LogP contribution in [0.5, 0.6) is 17.2 Å². The predicted octanol–water partition coefficient (Wildman–Crippen LogP) is 5.84. The minimum atomic E-state index is -0.487. The molecule has 35 heavy (non-hydrogen) atoms. The van der Waals surface area contributed by atoms with Crippen LogP contribution in [0.1, 0.15) is 34.3 Å². The molecule has 3 rings (SSSR count). The number of nitrogens with one attached hydrogen (secondary N) is 1. The summed E-state index contributed by atoms with van der Waals surface area (Å²) >= 11 is 11.9. The van der Waals surface area contributed by atoms with Crippen molar-refractivity contribution in [2.24, 2.45) is 5.10 Å². The SMILES string of the molecule is COc1cc(C=NNC(=O)CCCOc2ccc(Cl)cc2Cl)ccc1OC(=O)c1ccc(C)cc1. The first kappa shape index (κ1) is 26.1. The van der Waals surface area contributed by atoms with Gasteiger partial charge in [-0.05, 0) is 67.4 Å². The molecule has 0 aliphatic carbocycles. The molecule has 0 heterocycles. The molecule has 3 aromatic carbocycles. The fraction of sp³-hybridized carbons (Fsp3) is 0.192. The van der Waals surface area contributed by atoms with Gasteiger partial charge in [0.2, 0.25) is 5.91 Å². The number of carbonyl (C=O) groups is 2. The highest BCUT2D eigenvalue weighted by atomic mass is 35.5. The number of rotatable bonds is 10. The second kappa shape index (κ2) is 12.8. The van der Waals surface area contributed by atoms with E-state index in [1.165, 1.54) is 13.3 Å². The van der Waals surface area contributed by atoms with Gasteiger partial charge in [-0.15, -0.1) is 0 Å². The highest BCUT2D eigenvalue weighted by Gasteiger charge is 2.13. The summed E-state index contributed by atoms with van der Waals surface area (Å²) in [7, 11) is 1.47. The molecule has 0 spiro atoms. The van der Waals surface area contributed by atoms with Crippen LogP contribution in [0.2, 0.25) is 10.0 Å². The Balaban J connectivity index is 1.47. The largest absolute Gasteiger partial charge is 0.493 e. The van der Waals surface area contributed by atoms with E-state index in [-0.39, 0.29) is 18.1 Å². The van der Waals surface area contributed by atoms with Gasteiger partial charge in [-0.1, -0.05) is 40.9 Å². The number of nitrogens with zero attached hydrogens (tertiary/aromatic N) is 1. The van der Waals surface area contributed by atoms with E-state index in [0.29, 0.717) is 45.7 Å². The summed E-state index contributed by atoms with van der Waals surface area (Å²) in [5.41, 5.74) is 4.60. The molecular weight excluding hydrogens is 491 g/mol. The number of carbonyl (C=O) groups excluding carboxylic acids is 2. The van der Waals surface area contributed by atoms with Gasteiger partial charge in [0.25, 0.3) is 0 Å². The molecule has 3 aromatic rings. The number of halogens is 2. The zero-order valence-electron chi connectivity index (χ0n) is 19.2. The maximum atomic E-state index is 12.4. The Morgan fingerprint density at radius 1 is 0.971 bits per heavy atom. The summed E-state index contributed by atoms with van der Waals surface area (Å²) in [5, 5.41) is 4.90. The molecule has 0 saturated heterocycles. The zero-order chi connectivity index (χ0) is 25.2. The molecule has 0 saturated carbocycles. The first-order valence-corrected chi connectivity index (χ1v) is 11.5. The number of ether oxygens (including phenoxy) is 3. The fourth-order valence-electron chi connectivity index (χ4n) is 2.94. The molecule has 0 fully saturated rings. The van der Waals surface area contributed by atoms with Crippen molar-refractivity contribution in [2.75, 3.05) is 13.7 Å². The summed E-state index contributed by atoms with van der Waals surface area (Å²) in [6.07, 6.45) is 2.17. The predicted molar refractivity (Wildman–Crippen MR) is 136 cm³/mol. The average Bonchev–Trinajstić information content (AvgIpc) is 2.84. The van der Waals surface area contributed by atoms with E-state index >= 15 is 0 Å². The Morgan fingerprint density at radius 2 is 1.71 bits per heavy atom. The standard InChI is InChI=1S/C26H24Cl2N2O5/c1-17-5-8-19(9-6-17)26(32)35-23-11-7-18(14-24(23)33-2)16-29-30-25(31)4-3-13-34-22-12-10-20(27)15-21(22)28/h5-12,14-16H,3-4,13H2,1-2H3,(H,30,31). The number of aryl methyl sites for hydroxylation is 1. The number of methoxy groups -OCH3 is 1. The normalized spacial score (nSPS) is 10.7. The molecule has 0 bridgehead atoms. The van der Waals surface area contributed by atoms with E-state index in [0.717, 1.165) is 5.56 Å². The van der Waals surface area contributed by atoms with Crippen LogP contribution < -0.4 is 19.6 Å². The number of hydrogen-bond acceptors (Lipinski definition) is 6. The fourth-order valence-corrected chi connectivity index (χ4v) is 3.40. The lowest BCUT2D eigenvalue weighted by Crippen LogP contribution is -2.18. The highest BCUT2D eigenvalue weighted by molar-refractivity contribution is 6.35. The minimum Gasteiger partial charge on any atom is -0.493 e. The van der Waals surface area contributed by atoms with Crippen LogP contribution in [0.15, 0.2) is 65.8 Å². The van der Waals surface area contributed by atoms with E-state index in [1.54, 1.807) is 48.5 Å². The van der Waals surface area contributed by atoms with Crippen LogP contribution in [0, 0.1) is 6.92 Å². The second-order valence-corrected chi connectivity index (χ2v) is 8.33. The lowest BCUT2D eigenvalue weighted by atomic mass is 10.1. The van der Waals surface area contributed by atoms with Crippen LogP contribution in [-0.4, -0.2) is 31.8 Å².